The number of furan rings is 1. The lowest BCUT2D eigenvalue weighted by molar-refractivity contribution is 0.0541. The molecule has 24 heavy (non-hydrogen) atoms. The van der Waals surface area contributed by atoms with Crippen LogP contribution in [0.3, 0.4) is 0 Å². The van der Waals surface area contributed by atoms with E-state index in [1.54, 1.807) is 45.9 Å². The quantitative estimate of drug-likeness (QED) is 0.648. The van der Waals surface area contributed by atoms with Crippen molar-refractivity contribution in [2.24, 2.45) is 0 Å². The van der Waals surface area contributed by atoms with Gasteiger partial charge in [-0.25, -0.2) is 9.36 Å². The van der Waals surface area contributed by atoms with Crippen LogP contribution in [-0.4, -0.2) is 22.0 Å². The fraction of sp³-hybridized carbons (Fsp3) is 0.263. The summed E-state index contributed by atoms with van der Waals surface area (Å²) in [4.78, 5) is 25.4. The minimum absolute atomic E-state index is 0.241. The number of benzene rings is 1. The summed E-state index contributed by atoms with van der Waals surface area (Å²) in [6.07, 6.45) is 0.949. The third-order valence-electron chi connectivity index (χ3n) is 3.66. The predicted octanol–water partition coefficient (Wildman–Crippen LogP) is 4.56. The summed E-state index contributed by atoms with van der Waals surface area (Å²) in [5.74, 6) is -0.0128. The first-order chi connectivity index (χ1) is 11.3. The fourth-order valence-corrected chi connectivity index (χ4v) is 2.73. The van der Waals surface area contributed by atoms with Gasteiger partial charge in [-0.05, 0) is 45.9 Å². The van der Waals surface area contributed by atoms with Crippen molar-refractivity contribution in [2.75, 3.05) is 0 Å². The Morgan fingerprint density at radius 3 is 2.42 bits per heavy atom. The lowest BCUT2D eigenvalue weighted by Gasteiger charge is -2.20. The number of carbonyl (C=O) groups is 2. The highest BCUT2D eigenvalue weighted by Crippen LogP contribution is 2.29. The molecule has 0 aliphatic rings. The van der Waals surface area contributed by atoms with Gasteiger partial charge in [0.25, 0.3) is 0 Å². The van der Waals surface area contributed by atoms with E-state index in [9.17, 15) is 9.59 Å². The highest BCUT2D eigenvalue weighted by molar-refractivity contribution is 6.17. The van der Waals surface area contributed by atoms with Gasteiger partial charge in [0, 0.05) is 11.1 Å². The second-order valence-corrected chi connectivity index (χ2v) is 6.60. The van der Waals surface area contributed by atoms with E-state index in [-0.39, 0.29) is 11.5 Å². The Balaban J connectivity index is 2.20. The number of hydrogen-bond donors (Lipinski definition) is 0. The van der Waals surface area contributed by atoms with Crippen LogP contribution in [0.4, 0.5) is 4.79 Å². The zero-order valence-electron chi connectivity index (χ0n) is 14.1. The molecule has 0 saturated carbocycles. The van der Waals surface area contributed by atoms with Crippen molar-refractivity contribution < 1.29 is 18.7 Å². The second-order valence-electron chi connectivity index (χ2n) is 6.60. The standard InChI is InChI=1S/C19H19NO4/c1-12-16(17(21)15-10-7-11-23-15)13-8-5-6-9-14(13)20(12)18(22)24-19(2,3)4/h5-11H,1-4H3. The normalized spacial score (nSPS) is 11.7. The molecule has 2 heterocycles. The van der Waals surface area contributed by atoms with Crippen molar-refractivity contribution in [3.8, 4) is 0 Å². The molecule has 0 bridgehead atoms. The number of para-hydroxylation sites is 1. The van der Waals surface area contributed by atoms with E-state index in [0.29, 0.717) is 22.2 Å². The Bertz CT molecular complexity index is 911. The minimum Gasteiger partial charge on any atom is -0.461 e. The van der Waals surface area contributed by atoms with Gasteiger partial charge in [-0.1, -0.05) is 18.2 Å². The van der Waals surface area contributed by atoms with E-state index in [1.807, 2.05) is 18.2 Å². The summed E-state index contributed by atoms with van der Waals surface area (Å²) in [5.41, 5.74) is 0.998. The van der Waals surface area contributed by atoms with Crippen LogP contribution < -0.4 is 0 Å². The van der Waals surface area contributed by atoms with Crippen molar-refractivity contribution >= 4 is 22.8 Å². The van der Waals surface area contributed by atoms with Crippen molar-refractivity contribution in [1.29, 1.82) is 0 Å². The van der Waals surface area contributed by atoms with Gasteiger partial charge in [0.15, 0.2) is 5.76 Å². The average molecular weight is 325 g/mol. The van der Waals surface area contributed by atoms with Crippen LogP contribution in [0.5, 0.6) is 0 Å². The number of ether oxygens (including phenoxy) is 1. The van der Waals surface area contributed by atoms with E-state index in [2.05, 4.69) is 0 Å². The maximum Gasteiger partial charge on any atom is 0.419 e. The molecule has 0 atom stereocenters. The molecule has 3 aromatic rings. The van der Waals surface area contributed by atoms with Gasteiger partial charge in [-0.2, -0.15) is 0 Å². The Kier molecular flexibility index (Phi) is 3.79. The van der Waals surface area contributed by atoms with Crippen LogP contribution in [0.1, 0.15) is 42.6 Å². The molecule has 0 unspecified atom stereocenters. The summed E-state index contributed by atoms with van der Waals surface area (Å²) < 4.78 is 12.2. The molecule has 5 heteroatoms. The minimum atomic E-state index is -0.625. The fourth-order valence-electron chi connectivity index (χ4n) is 2.73. The number of fused-ring (bicyclic) bond motifs is 1. The number of ketones is 1. The Labute approximate surface area is 139 Å². The lowest BCUT2D eigenvalue weighted by atomic mass is 10.1. The summed E-state index contributed by atoms with van der Waals surface area (Å²) in [5, 5.41) is 0.697. The van der Waals surface area contributed by atoms with Gasteiger partial charge in [-0.15, -0.1) is 0 Å². The van der Waals surface area contributed by atoms with E-state index >= 15 is 0 Å². The van der Waals surface area contributed by atoms with Gasteiger partial charge in [-0.3, -0.25) is 4.79 Å². The molecule has 0 amide bonds. The maximum atomic E-state index is 12.8. The first-order valence-electron chi connectivity index (χ1n) is 7.71. The number of carbonyl (C=O) groups excluding carboxylic acids is 2. The van der Waals surface area contributed by atoms with Crippen LogP contribution in [0.25, 0.3) is 10.9 Å². The van der Waals surface area contributed by atoms with Crippen LogP contribution in [0.2, 0.25) is 0 Å². The largest absolute Gasteiger partial charge is 0.461 e. The topological polar surface area (TPSA) is 61.4 Å². The molecular weight excluding hydrogens is 306 g/mol. The third kappa shape index (κ3) is 2.73. The van der Waals surface area contributed by atoms with E-state index in [4.69, 9.17) is 9.15 Å². The first kappa shape index (κ1) is 16.1. The molecule has 5 nitrogen and oxygen atoms in total. The number of nitrogens with zero attached hydrogens (tertiary/aromatic N) is 1. The number of rotatable bonds is 2. The molecule has 0 fully saturated rings. The summed E-state index contributed by atoms with van der Waals surface area (Å²) in [6.45, 7) is 7.16. The predicted molar refractivity (Wildman–Crippen MR) is 90.4 cm³/mol. The van der Waals surface area contributed by atoms with Gasteiger partial charge < -0.3 is 9.15 Å². The molecule has 1 aromatic carbocycles. The molecule has 3 rings (SSSR count). The summed E-state index contributed by atoms with van der Waals surface area (Å²) in [6, 6.07) is 10.5. The van der Waals surface area contributed by atoms with Crippen molar-refractivity contribution in [3.63, 3.8) is 0 Å². The van der Waals surface area contributed by atoms with Crippen molar-refractivity contribution in [1.82, 2.24) is 4.57 Å². The van der Waals surface area contributed by atoms with Crippen LogP contribution in [-0.2, 0) is 4.74 Å². The molecule has 0 N–H and O–H groups in total. The molecular formula is C19H19NO4. The molecule has 0 spiro atoms. The monoisotopic (exact) mass is 325 g/mol. The van der Waals surface area contributed by atoms with E-state index in [1.165, 1.54) is 10.8 Å². The summed E-state index contributed by atoms with van der Waals surface area (Å²) >= 11 is 0. The van der Waals surface area contributed by atoms with Crippen LogP contribution in [0, 0.1) is 6.92 Å². The highest BCUT2D eigenvalue weighted by Gasteiger charge is 2.27. The Hall–Kier alpha value is -2.82. The molecule has 0 aliphatic heterocycles. The zero-order chi connectivity index (χ0) is 17.5. The molecule has 2 aromatic heterocycles. The highest BCUT2D eigenvalue weighted by atomic mass is 16.6. The van der Waals surface area contributed by atoms with Crippen molar-refractivity contribution in [3.05, 3.63) is 59.7 Å². The number of aromatic nitrogens is 1. The second kappa shape index (κ2) is 5.67. The lowest BCUT2D eigenvalue weighted by Crippen LogP contribution is -2.27. The third-order valence-corrected chi connectivity index (χ3v) is 3.66. The van der Waals surface area contributed by atoms with E-state index in [0.717, 1.165) is 0 Å². The van der Waals surface area contributed by atoms with E-state index < -0.39 is 11.7 Å². The van der Waals surface area contributed by atoms with Crippen LogP contribution >= 0.6 is 0 Å². The van der Waals surface area contributed by atoms with Gasteiger partial charge in [0.05, 0.1) is 17.3 Å². The summed E-state index contributed by atoms with van der Waals surface area (Å²) in [7, 11) is 0. The van der Waals surface area contributed by atoms with Gasteiger partial charge in [0.2, 0.25) is 5.78 Å². The smallest absolute Gasteiger partial charge is 0.419 e. The van der Waals surface area contributed by atoms with Gasteiger partial charge in [0.1, 0.15) is 5.60 Å². The molecule has 0 radical (unpaired) electrons. The Morgan fingerprint density at radius 1 is 1.08 bits per heavy atom. The SMILES string of the molecule is Cc1c(C(=O)c2ccco2)c2ccccc2n1C(=O)OC(C)(C)C. The average Bonchev–Trinajstić information content (AvgIpc) is 3.10. The van der Waals surface area contributed by atoms with Crippen LogP contribution in [0.15, 0.2) is 47.1 Å². The Morgan fingerprint density at radius 2 is 1.79 bits per heavy atom. The van der Waals surface area contributed by atoms with Gasteiger partial charge >= 0.3 is 6.09 Å². The number of hydrogen-bond acceptors (Lipinski definition) is 4. The molecule has 0 aliphatic carbocycles. The maximum absolute atomic E-state index is 12.8. The molecule has 124 valence electrons. The first-order valence-corrected chi connectivity index (χ1v) is 7.71. The zero-order valence-corrected chi connectivity index (χ0v) is 14.1. The molecule has 0 saturated heterocycles. The van der Waals surface area contributed by atoms with Crippen molar-refractivity contribution in [2.45, 2.75) is 33.3 Å².